The summed E-state index contributed by atoms with van der Waals surface area (Å²) in [7, 11) is 0. The Labute approximate surface area is 180 Å². The third-order valence-electron chi connectivity index (χ3n) is 4.85. The Morgan fingerprint density at radius 1 is 1.06 bits per heavy atom. The first-order chi connectivity index (χ1) is 15.0. The van der Waals surface area contributed by atoms with Gasteiger partial charge in [0, 0.05) is 23.7 Å². The van der Waals surface area contributed by atoms with Crippen LogP contribution in [0.25, 0.3) is 0 Å². The SMILES string of the molecule is Cc1ccc(C(=O)CC(Nc2ccc([N+](=O)[O-])c(C(F)(F)F)c2)c2cccc(F)c2)cc1. The fourth-order valence-electron chi connectivity index (χ4n) is 3.23. The summed E-state index contributed by atoms with van der Waals surface area (Å²) in [5.41, 5.74) is -0.895. The molecule has 0 saturated heterocycles. The van der Waals surface area contributed by atoms with Gasteiger partial charge < -0.3 is 5.32 Å². The normalized spacial score (nSPS) is 12.3. The molecule has 0 amide bonds. The molecule has 0 spiro atoms. The molecule has 0 heterocycles. The van der Waals surface area contributed by atoms with E-state index in [2.05, 4.69) is 5.32 Å². The largest absolute Gasteiger partial charge is 0.423 e. The standard InChI is InChI=1S/C23H18F4N2O3/c1-14-5-7-15(8-6-14)22(30)13-20(16-3-2-4-17(24)11-16)28-18-9-10-21(29(31)32)19(12-18)23(25,26)27/h2-12,20,28H,13H2,1H3. The molecule has 0 radical (unpaired) electrons. The quantitative estimate of drug-likeness (QED) is 0.195. The number of hydrogen-bond donors (Lipinski definition) is 1. The predicted molar refractivity (Wildman–Crippen MR) is 111 cm³/mol. The van der Waals surface area contributed by atoms with Crippen LogP contribution in [-0.2, 0) is 6.18 Å². The van der Waals surface area contributed by atoms with Gasteiger partial charge in [0.2, 0.25) is 0 Å². The van der Waals surface area contributed by atoms with E-state index < -0.39 is 34.2 Å². The number of nitro groups is 1. The summed E-state index contributed by atoms with van der Waals surface area (Å²) in [6.07, 6.45) is -5.13. The number of rotatable bonds is 7. The van der Waals surface area contributed by atoms with Crippen molar-refractivity contribution in [3.63, 3.8) is 0 Å². The number of halogens is 4. The molecule has 1 N–H and O–H groups in total. The van der Waals surface area contributed by atoms with Gasteiger partial charge in [0.05, 0.1) is 11.0 Å². The average Bonchev–Trinajstić information content (AvgIpc) is 2.73. The van der Waals surface area contributed by atoms with Crippen LogP contribution in [0.15, 0.2) is 66.7 Å². The van der Waals surface area contributed by atoms with E-state index in [9.17, 15) is 32.5 Å². The number of Topliss-reactive ketones (excluding diaryl/α,β-unsaturated/α-hetero) is 1. The van der Waals surface area contributed by atoms with Gasteiger partial charge in [0.25, 0.3) is 5.69 Å². The molecule has 0 aliphatic heterocycles. The molecule has 3 rings (SSSR count). The lowest BCUT2D eigenvalue weighted by atomic mass is 9.97. The van der Waals surface area contributed by atoms with Gasteiger partial charge in [-0.25, -0.2) is 4.39 Å². The molecule has 3 aromatic rings. The predicted octanol–water partition coefficient (Wildman–Crippen LogP) is 6.49. The number of nitrogens with zero attached hydrogens (tertiary/aromatic N) is 1. The van der Waals surface area contributed by atoms with Crippen molar-refractivity contribution in [2.45, 2.75) is 25.6 Å². The highest BCUT2D eigenvalue weighted by atomic mass is 19.4. The molecule has 0 aliphatic rings. The Bertz CT molecular complexity index is 1140. The van der Waals surface area contributed by atoms with Crippen LogP contribution in [0.4, 0.5) is 28.9 Å². The van der Waals surface area contributed by atoms with Crippen molar-refractivity contribution in [1.29, 1.82) is 0 Å². The van der Waals surface area contributed by atoms with Crippen molar-refractivity contribution in [2.75, 3.05) is 5.32 Å². The van der Waals surface area contributed by atoms with Crippen LogP contribution in [0.1, 0.15) is 39.5 Å². The molecule has 0 aromatic heterocycles. The first-order valence-corrected chi connectivity index (χ1v) is 9.52. The molecular weight excluding hydrogens is 428 g/mol. The minimum absolute atomic E-state index is 0.0890. The zero-order valence-electron chi connectivity index (χ0n) is 16.8. The van der Waals surface area contributed by atoms with Gasteiger partial charge in [-0.05, 0) is 36.8 Å². The highest BCUT2D eigenvalue weighted by Gasteiger charge is 2.38. The molecule has 9 heteroatoms. The number of carbonyl (C=O) groups excluding carboxylic acids is 1. The molecule has 0 aliphatic carbocycles. The number of ketones is 1. The van der Waals surface area contributed by atoms with Gasteiger partial charge in [-0.1, -0.05) is 42.0 Å². The van der Waals surface area contributed by atoms with Crippen molar-refractivity contribution >= 4 is 17.2 Å². The van der Waals surface area contributed by atoms with Crippen LogP contribution in [0.3, 0.4) is 0 Å². The second-order valence-electron chi connectivity index (χ2n) is 7.23. The minimum atomic E-state index is -4.95. The van der Waals surface area contributed by atoms with Gasteiger partial charge in [-0.15, -0.1) is 0 Å². The summed E-state index contributed by atoms with van der Waals surface area (Å²) in [6.45, 7) is 1.86. The molecular formula is C23H18F4N2O3. The monoisotopic (exact) mass is 446 g/mol. The number of benzene rings is 3. The van der Waals surface area contributed by atoms with Crippen LogP contribution < -0.4 is 5.32 Å². The maximum atomic E-state index is 13.8. The Morgan fingerprint density at radius 3 is 2.34 bits per heavy atom. The first-order valence-electron chi connectivity index (χ1n) is 9.52. The van der Waals surface area contributed by atoms with Gasteiger partial charge in [-0.3, -0.25) is 14.9 Å². The van der Waals surface area contributed by atoms with E-state index in [0.717, 1.165) is 17.7 Å². The molecule has 0 saturated carbocycles. The van der Waals surface area contributed by atoms with Crippen LogP contribution >= 0.6 is 0 Å². The van der Waals surface area contributed by atoms with Crippen molar-refractivity contribution in [2.24, 2.45) is 0 Å². The summed E-state index contributed by atoms with van der Waals surface area (Å²) in [5, 5.41) is 13.8. The van der Waals surface area contributed by atoms with Crippen LogP contribution in [0.2, 0.25) is 0 Å². The van der Waals surface area contributed by atoms with Gasteiger partial charge in [0.15, 0.2) is 5.78 Å². The second kappa shape index (κ2) is 9.17. The van der Waals surface area contributed by atoms with E-state index in [1.165, 1.54) is 18.2 Å². The maximum absolute atomic E-state index is 13.8. The number of nitrogens with one attached hydrogen (secondary N) is 1. The lowest BCUT2D eigenvalue weighted by Gasteiger charge is -2.21. The Morgan fingerprint density at radius 2 is 1.75 bits per heavy atom. The van der Waals surface area contributed by atoms with Crippen molar-refractivity contribution in [3.05, 3.63) is 105 Å². The Balaban J connectivity index is 1.96. The maximum Gasteiger partial charge on any atom is 0.423 e. The second-order valence-corrected chi connectivity index (χ2v) is 7.23. The minimum Gasteiger partial charge on any atom is -0.378 e. The molecule has 3 aromatic carbocycles. The molecule has 1 unspecified atom stereocenters. The van der Waals surface area contributed by atoms with Crippen LogP contribution in [0, 0.1) is 22.9 Å². The van der Waals surface area contributed by atoms with E-state index in [0.29, 0.717) is 17.2 Å². The number of carbonyl (C=O) groups is 1. The highest BCUT2D eigenvalue weighted by molar-refractivity contribution is 5.96. The van der Waals surface area contributed by atoms with Gasteiger partial charge in [-0.2, -0.15) is 13.2 Å². The summed E-state index contributed by atoms with van der Waals surface area (Å²) >= 11 is 0. The molecule has 5 nitrogen and oxygen atoms in total. The third-order valence-corrected chi connectivity index (χ3v) is 4.85. The molecule has 32 heavy (non-hydrogen) atoms. The number of alkyl halides is 3. The average molecular weight is 446 g/mol. The zero-order valence-corrected chi connectivity index (χ0v) is 16.8. The van der Waals surface area contributed by atoms with E-state index >= 15 is 0 Å². The van der Waals surface area contributed by atoms with Crippen LogP contribution in [-0.4, -0.2) is 10.7 Å². The number of aryl methyl sites for hydroxylation is 1. The molecule has 0 bridgehead atoms. The number of anilines is 1. The number of hydrogen-bond acceptors (Lipinski definition) is 4. The van der Waals surface area contributed by atoms with Crippen molar-refractivity contribution in [1.82, 2.24) is 0 Å². The summed E-state index contributed by atoms with van der Waals surface area (Å²) in [5.74, 6) is -0.874. The molecule has 166 valence electrons. The first kappa shape index (κ1) is 22.9. The smallest absolute Gasteiger partial charge is 0.378 e. The topological polar surface area (TPSA) is 72.2 Å². The number of nitro benzene ring substituents is 1. The zero-order chi connectivity index (χ0) is 23.5. The van der Waals surface area contributed by atoms with Gasteiger partial charge in [0.1, 0.15) is 11.4 Å². The van der Waals surface area contributed by atoms with Gasteiger partial charge >= 0.3 is 6.18 Å². The van der Waals surface area contributed by atoms with E-state index in [4.69, 9.17) is 0 Å². The lowest BCUT2D eigenvalue weighted by molar-refractivity contribution is -0.388. The Hall–Kier alpha value is -3.75. The fraction of sp³-hybridized carbons (Fsp3) is 0.174. The Kier molecular flexibility index (Phi) is 6.57. The van der Waals surface area contributed by atoms with Crippen LogP contribution in [0.5, 0.6) is 0 Å². The summed E-state index contributed by atoms with van der Waals surface area (Å²) < 4.78 is 53.8. The molecule has 1 atom stereocenters. The molecule has 0 fully saturated rings. The van der Waals surface area contributed by atoms with E-state index in [1.54, 1.807) is 30.3 Å². The summed E-state index contributed by atoms with van der Waals surface area (Å²) in [4.78, 5) is 22.7. The van der Waals surface area contributed by atoms with E-state index in [1.807, 2.05) is 6.92 Å². The fourth-order valence-corrected chi connectivity index (χ4v) is 3.23. The summed E-state index contributed by atoms with van der Waals surface area (Å²) in [6, 6.07) is 13.7. The van der Waals surface area contributed by atoms with Crippen molar-refractivity contribution < 1.29 is 27.3 Å². The highest BCUT2D eigenvalue weighted by Crippen LogP contribution is 2.38. The van der Waals surface area contributed by atoms with Crippen molar-refractivity contribution in [3.8, 4) is 0 Å². The lowest BCUT2D eigenvalue weighted by Crippen LogP contribution is -2.17. The van der Waals surface area contributed by atoms with E-state index in [-0.39, 0.29) is 17.9 Å². The third kappa shape index (κ3) is 5.48.